The van der Waals surface area contributed by atoms with E-state index in [0.717, 1.165) is 117 Å². The minimum absolute atomic E-state index is 0.0492. The van der Waals surface area contributed by atoms with Crippen LogP contribution in [0, 0.1) is 24.2 Å². The van der Waals surface area contributed by atoms with Gasteiger partial charge in [0.05, 0.1) is 29.3 Å². The van der Waals surface area contributed by atoms with Crippen molar-refractivity contribution in [2.75, 3.05) is 0 Å². The molecule has 0 aromatic carbocycles. The summed E-state index contributed by atoms with van der Waals surface area (Å²) in [7, 11) is -4.58. The van der Waals surface area contributed by atoms with Gasteiger partial charge in [-0.05, 0) is 81.0 Å². The number of allylic oxidation sites excluding steroid dienone is 2. The van der Waals surface area contributed by atoms with Gasteiger partial charge in [-0.25, -0.2) is 4.98 Å². The van der Waals surface area contributed by atoms with Crippen molar-refractivity contribution in [2.45, 2.75) is 241 Å². The van der Waals surface area contributed by atoms with Crippen LogP contribution in [0.4, 0.5) is 0 Å². The molecule has 1 unspecified atom stereocenters. The number of aromatic nitrogens is 1. The van der Waals surface area contributed by atoms with Gasteiger partial charge < -0.3 is 13.6 Å². The fourth-order valence-corrected chi connectivity index (χ4v) is 19.9. The molecule has 1 aliphatic heterocycles. The van der Waals surface area contributed by atoms with Crippen molar-refractivity contribution >= 4 is 45.8 Å². The number of thiazole rings is 1. The average Bonchev–Trinajstić information content (AvgIpc) is 3.64. The summed E-state index contributed by atoms with van der Waals surface area (Å²) in [6.07, 6.45) is 22.6. The van der Waals surface area contributed by atoms with E-state index in [1.54, 1.807) is 11.3 Å². The number of ketones is 1. The van der Waals surface area contributed by atoms with Gasteiger partial charge in [-0.3, -0.25) is 9.59 Å². The van der Waals surface area contributed by atoms with Crippen LogP contribution in [0.1, 0.15) is 190 Å². The predicted molar refractivity (Wildman–Crippen MR) is 264 cm³/mol. The zero-order valence-corrected chi connectivity index (χ0v) is 43.8. The van der Waals surface area contributed by atoms with Crippen LogP contribution < -0.4 is 0 Å². The quantitative estimate of drug-likeness (QED) is 0.0585. The van der Waals surface area contributed by atoms with Gasteiger partial charge in [0.2, 0.25) is 0 Å². The van der Waals surface area contributed by atoms with E-state index in [4.69, 9.17) is 13.6 Å². The van der Waals surface area contributed by atoms with Gasteiger partial charge in [0.25, 0.3) is 0 Å². The van der Waals surface area contributed by atoms with Crippen LogP contribution in [0.25, 0.3) is 6.08 Å². The SMILES string of the molecule is CCCC[Si](CCCC)(CCCC)OC1CC(=O)O[C@H](/C(C)=C/c2csc(C)n2)C/C=C(/C)C/C=C/[C@H](C)[C@H](O[Si](CCCC)(CCCC)CCCC)[C@@H](C)C(=O)C1(C)C. The number of aryl methyl sites for hydroxylation is 1. The van der Waals surface area contributed by atoms with Gasteiger partial charge >= 0.3 is 5.97 Å². The molecule has 6 nitrogen and oxygen atoms in total. The van der Waals surface area contributed by atoms with Gasteiger partial charge in [-0.2, -0.15) is 0 Å². The molecule has 0 saturated carbocycles. The smallest absolute Gasteiger partial charge is 0.309 e. The molecule has 0 fully saturated rings. The molecule has 0 amide bonds. The van der Waals surface area contributed by atoms with Gasteiger partial charge in [0.1, 0.15) is 11.9 Å². The lowest BCUT2D eigenvalue weighted by molar-refractivity contribution is -0.153. The molecule has 5 atom stereocenters. The van der Waals surface area contributed by atoms with Crippen molar-refractivity contribution < 1.29 is 23.2 Å². The van der Waals surface area contributed by atoms with Crippen molar-refractivity contribution in [3.63, 3.8) is 0 Å². The molecule has 60 heavy (non-hydrogen) atoms. The lowest BCUT2D eigenvalue weighted by atomic mass is 9.73. The third-order valence-electron chi connectivity index (χ3n) is 13.3. The van der Waals surface area contributed by atoms with Crippen LogP contribution >= 0.6 is 11.3 Å². The Morgan fingerprint density at radius 2 is 1.30 bits per heavy atom. The van der Waals surface area contributed by atoms with Crippen LogP contribution in [-0.4, -0.2) is 51.7 Å². The van der Waals surface area contributed by atoms with Gasteiger partial charge in [-0.1, -0.05) is 170 Å². The highest BCUT2D eigenvalue weighted by molar-refractivity contribution is 7.09. The summed E-state index contributed by atoms with van der Waals surface area (Å²) in [5.41, 5.74) is 2.13. The van der Waals surface area contributed by atoms with Crippen LogP contribution in [-0.2, 0) is 23.2 Å². The monoisotopic (exact) mass is 886 g/mol. The van der Waals surface area contributed by atoms with Crippen molar-refractivity contribution in [3.05, 3.63) is 45.5 Å². The molecule has 344 valence electrons. The summed E-state index contributed by atoms with van der Waals surface area (Å²) in [5, 5.41) is 3.06. The highest BCUT2D eigenvalue weighted by atomic mass is 32.1. The minimum Gasteiger partial charge on any atom is -0.457 e. The third-order valence-corrected chi connectivity index (χ3v) is 23.2. The molecule has 0 N–H and O–H groups in total. The molecule has 0 bridgehead atoms. The maximum absolute atomic E-state index is 15.6. The van der Waals surface area contributed by atoms with Crippen molar-refractivity contribution in [2.24, 2.45) is 17.3 Å². The average molecular weight is 887 g/mol. The normalized spacial score (nSPS) is 24.2. The summed E-state index contributed by atoms with van der Waals surface area (Å²) >= 11 is 1.62. The third kappa shape index (κ3) is 17.8. The van der Waals surface area contributed by atoms with Crippen molar-refractivity contribution in [1.82, 2.24) is 4.98 Å². The van der Waals surface area contributed by atoms with Gasteiger partial charge in [-0.15, -0.1) is 11.3 Å². The summed E-state index contributed by atoms with van der Waals surface area (Å²) in [4.78, 5) is 34.8. The number of unbranched alkanes of at least 4 members (excludes halogenated alkanes) is 6. The zero-order chi connectivity index (χ0) is 44.8. The zero-order valence-electron chi connectivity index (χ0n) is 41.0. The molecule has 0 saturated heterocycles. The second-order valence-electron chi connectivity index (χ2n) is 19.2. The Morgan fingerprint density at radius 1 is 0.817 bits per heavy atom. The maximum atomic E-state index is 15.6. The van der Waals surface area contributed by atoms with Crippen LogP contribution in [0.15, 0.2) is 34.8 Å². The molecular weight excluding hydrogens is 795 g/mol. The first-order valence-corrected chi connectivity index (χ1v) is 30.5. The lowest BCUT2D eigenvalue weighted by Crippen LogP contribution is -2.53. The summed E-state index contributed by atoms with van der Waals surface area (Å²) in [6.45, 7) is 28.4. The van der Waals surface area contributed by atoms with E-state index in [1.165, 1.54) is 24.8 Å². The first-order valence-electron chi connectivity index (χ1n) is 24.6. The number of esters is 1. The van der Waals surface area contributed by atoms with E-state index in [9.17, 15) is 4.79 Å². The van der Waals surface area contributed by atoms with Crippen molar-refractivity contribution in [1.29, 1.82) is 0 Å². The molecule has 0 radical (unpaired) electrons. The lowest BCUT2D eigenvalue weighted by Gasteiger charge is -2.45. The van der Waals surface area contributed by atoms with Gasteiger partial charge in [0.15, 0.2) is 16.6 Å². The predicted octanol–water partition coefficient (Wildman–Crippen LogP) is 15.8. The second-order valence-corrected chi connectivity index (χ2v) is 28.5. The summed E-state index contributed by atoms with van der Waals surface area (Å²) in [5.74, 6) is -0.475. The van der Waals surface area contributed by atoms with Gasteiger partial charge in [0, 0.05) is 23.1 Å². The minimum atomic E-state index is -2.37. The number of cyclic esters (lactones) is 1. The number of carbonyl (C=O) groups excluding carboxylic acids is 2. The fourth-order valence-electron chi connectivity index (χ4n) is 9.12. The molecule has 1 aromatic rings. The van der Waals surface area contributed by atoms with E-state index in [2.05, 4.69) is 111 Å². The maximum Gasteiger partial charge on any atom is 0.309 e. The molecule has 9 heteroatoms. The summed E-state index contributed by atoms with van der Waals surface area (Å²) in [6, 6.07) is 6.63. The molecule has 2 rings (SSSR count). The Morgan fingerprint density at radius 3 is 1.75 bits per heavy atom. The number of Topliss-reactive ketones (excluding diaryl/α,β-unsaturated/α-hetero) is 1. The Labute approximate surface area is 375 Å². The second kappa shape index (κ2) is 28.2. The van der Waals surface area contributed by atoms with E-state index in [1.807, 2.05) is 13.8 Å². The molecular formula is C51H91NO5SSi2. The highest BCUT2D eigenvalue weighted by Gasteiger charge is 2.49. The van der Waals surface area contributed by atoms with E-state index in [0.29, 0.717) is 6.42 Å². The first kappa shape index (κ1) is 54.5. The number of rotatable bonds is 24. The Balaban J connectivity index is 2.86. The van der Waals surface area contributed by atoms with Crippen LogP contribution in [0.2, 0.25) is 36.3 Å². The largest absolute Gasteiger partial charge is 0.457 e. The Hall–Kier alpha value is -1.66. The Kier molecular flexibility index (Phi) is 25.6. The molecule has 0 spiro atoms. The topological polar surface area (TPSA) is 74.7 Å². The number of nitrogens with zero attached hydrogens (tertiary/aromatic N) is 1. The number of hydrogen-bond acceptors (Lipinski definition) is 7. The number of hydrogen-bond donors (Lipinski definition) is 0. The van der Waals surface area contributed by atoms with Crippen LogP contribution in [0.5, 0.6) is 0 Å². The Bertz CT molecular complexity index is 1440. The number of ether oxygens (including phenoxy) is 1. The van der Waals surface area contributed by atoms with E-state index >= 15 is 4.79 Å². The number of carbonyl (C=O) groups is 2. The van der Waals surface area contributed by atoms with Crippen molar-refractivity contribution in [3.8, 4) is 0 Å². The first-order chi connectivity index (χ1) is 28.6. The molecule has 1 aromatic heterocycles. The molecule has 2 heterocycles. The molecule has 0 aliphatic carbocycles. The van der Waals surface area contributed by atoms with E-state index in [-0.39, 0.29) is 36.1 Å². The highest BCUT2D eigenvalue weighted by Crippen LogP contribution is 2.41. The fraction of sp³-hybridized carbons (Fsp3) is 0.784. The standard InChI is InChI=1S/C51H91NO5SSi2/c1-14-20-31-59(32-21-15-2,33-22-16-3)56-47-38-48(53)55-46(42(9)37-45-39-58-44(11)52-45)30-29-40(7)27-26-28-41(8)49(43(10)50(54)51(47,12)13)57-60(34-23-17-4,35-24-18-5)36-25-19-6/h26,28-29,37,39,41,43,46-47,49H,14-25,27,30-36,38H2,1-13H3/b28-26+,40-29-,42-37+/t41-,43+,46-,47?,49-/m0/s1. The van der Waals surface area contributed by atoms with Crippen LogP contribution in [0.3, 0.4) is 0 Å². The molecule has 1 aliphatic rings. The summed E-state index contributed by atoms with van der Waals surface area (Å²) < 4.78 is 21.9. The van der Waals surface area contributed by atoms with E-state index < -0.39 is 34.3 Å².